The third-order valence-electron chi connectivity index (χ3n) is 2.44. The van der Waals surface area contributed by atoms with E-state index in [0.29, 0.717) is 5.56 Å². The third kappa shape index (κ3) is 2.22. The summed E-state index contributed by atoms with van der Waals surface area (Å²) in [5, 5.41) is 0.271. The molecule has 0 N–H and O–H groups in total. The maximum Gasteiger partial charge on any atom is 0.230 e. The zero-order chi connectivity index (χ0) is 11.7. The molecule has 1 fully saturated rings. The Hall–Kier alpha value is -1.42. The van der Waals surface area contributed by atoms with Crippen molar-refractivity contribution in [2.45, 2.75) is 13.0 Å². The van der Waals surface area contributed by atoms with Gasteiger partial charge in [-0.05, 0) is 17.7 Å². The van der Waals surface area contributed by atoms with Gasteiger partial charge in [0.25, 0.3) is 0 Å². The summed E-state index contributed by atoms with van der Waals surface area (Å²) in [6.07, 6.45) is -0.0428. The normalized spacial score (nSPS) is 16.0. The SMILES string of the molecule is O=C1CC(=O)N(Cc2ccc(F)cc2Cl)C1. The monoisotopic (exact) mass is 241 g/mol. The Morgan fingerprint density at radius 2 is 2.12 bits per heavy atom. The highest BCUT2D eigenvalue weighted by Gasteiger charge is 2.27. The number of amides is 1. The zero-order valence-electron chi connectivity index (χ0n) is 8.37. The van der Waals surface area contributed by atoms with Gasteiger partial charge in [0.05, 0.1) is 13.0 Å². The van der Waals surface area contributed by atoms with Crippen molar-refractivity contribution in [3.8, 4) is 0 Å². The lowest BCUT2D eigenvalue weighted by Gasteiger charge is -2.15. The number of hydrogen-bond acceptors (Lipinski definition) is 2. The van der Waals surface area contributed by atoms with E-state index in [9.17, 15) is 14.0 Å². The van der Waals surface area contributed by atoms with Gasteiger partial charge in [0.15, 0.2) is 5.78 Å². The summed E-state index contributed by atoms with van der Waals surface area (Å²) in [6, 6.07) is 4.00. The molecule has 0 unspecified atom stereocenters. The first-order chi connectivity index (χ1) is 7.56. The van der Waals surface area contributed by atoms with E-state index in [-0.39, 0.29) is 36.2 Å². The molecule has 0 aromatic heterocycles. The van der Waals surface area contributed by atoms with Crippen molar-refractivity contribution >= 4 is 23.3 Å². The quantitative estimate of drug-likeness (QED) is 0.741. The van der Waals surface area contributed by atoms with Gasteiger partial charge in [0.1, 0.15) is 5.82 Å². The number of Topliss-reactive ketones (excluding diaryl/α,β-unsaturated/α-hetero) is 1. The number of halogens is 2. The number of carbonyl (C=O) groups excluding carboxylic acids is 2. The highest BCUT2D eigenvalue weighted by molar-refractivity contribution is 6.31. The smallest absolute Gasteiger partial charge is 0.230 e. The first-order valence-corrected chi connectivity index (χ1v) is 5.17. The van der Waals surface area contributed by atoms with Crippen molar-refractivity contribution in [1.82, 2.24) is 4.90 Å². The summed E-state index contributed by atoms with van der Waals surface area (Å²) in [6.45, 7) is 0.371. The molecule has 0 bridgehead atoms. The zero-order valence-corrected chi connectivity index (χ0v) is 9.13. The molecule has 0 radical (unpaired) electrons. The fraction of sp³-hybridized carbons (Fsp3) is 0.273. The predicted octanol–water partition coefficient (Wildman–Crippen LogP) is 1.78. The van der Waals surface area contributed by atoms with Crippen LogP contribution in [0, 0.1) is 5.82 Å². The highest BCUT2D eigenvalue weighted by Crippen LogP contribution is 2.20. The van der Waals surface area contributed by atoms with E-state index >= 15 is 0 Å². The number of nitrogens with zero attached hydrogens (tertiary/aromatic N) is 1. The number of ketones is 1. The van der Waals surface area contributed by atoms with Crippen LogP contribution in [0.2, 0.25) is 5.02 Å². The van der Waals surface area contributed by atoms with Gasteiger partial charge in [-0.15, -0.1) is 0 Å². The first kappa shape index (κ1) is 11.1. The molecular formula is C11H9ClFNO2. The standard InChI is InChI=1S/C11H9ClFNO2/c12-10-3-8(13)2-1-7(10)5-14-6-9(15)4-11(14)16/h1-3H,4-6H2. The van der Waals surface area contributed by atoms with Gasteiger partial charge in [-0.3, -0.25) is 9.59 Å². The van der Waals surface area contributed by atoms with Crippen LogP contribution in [0.3, 0.4) is 0 Å². The molecule has 1 saturated heterocycles. The molecule has 0 atom stereocenters. The van der Waals surface area contributed by atoms with Gasteiger partial charge in [-0.25, -0.2) is 4.39 Å². The van der Waals surface area contributed by atoms with Crippen LogP contribution >= 0.6 is 11.6 Å². The van der Waals surface area contributed by atoms with Gasteiger partial charge in [0, 0.05) is 11.6 Å². The number of benzene rings is 1. The summed E-state index contributed by atoms with van der Waals surface area (Å²) in [5.74, 6) is -0.716. The van der Waals surface area contributed by atoms with E-state index in [0.717, 1.165) is 0 Å². The second-order valence-corrected chi connectivity index (χ2v) is 4.11. The van der Waals surface area contributed by atoms with E-state index < -0.39 is 5.82 Å². The van der Waals surface area contributed by atoms with E-state index in [4.69, 9.17) is 11.6 Å². The van der Waals surface area contributed by atoms with Gasteiger partial charge in [0.2, 0.25) is 5.91 Å². The lowest BCUT2D eigenvalue weighted by atomic mass is 10.2. The predicted molar refractivity (Wildman–Crippen MR) is 56.5 cm³/mol. The number of hydrogen-bond donors (Lipinski definition) is 0. The molecule has 0 aliphatic carbocycles. The maximum absolute atomic E-state index is 12.8. The van der Waals surface area contributed by atoms with Crippen molar-refractivity contribution in [3.63, 3.8) is 0 Å². The second kappa shape index (κ2) is 4.22. The molecule has 1 aromatic rings. The summed E-state index contributed by atoms with van der Waals surface area (Å²) < 4.78 is 12.8. The van der Waals surface area contributed by atoms with Gasteiger partial charge < -0.3 is 4.90 Å². The average molecular weight is 242 g/mol. The average Bonchev–Trinajstić information content (AvgIpc) is 2.50. The molecule has 0 saturated carbocycles. The van der Waals surface area contributed by atoms with Gasteiger partial charge in [-0.1, -0.05) is 17.7 Å². The minimum absolute atomic E-state index is 0.0428. The molecule has 3 nitrogen and oxygen atoms in total. The fourth-order valence-corrected chi connectivity index (χ4v) is 1.86. The van der Waals surface area contributed by atoms with Crippen molar-refractivity contribution in [3.05, 3.63) is 34.6 Å². The first-order valence-electron chi connectivity index (χ1n) is 4.79. The Balaban J connectivity index is 2.15. The number of likely N-dealkylation sites (tertiary alicyclic amines) is 1. The lowest BCUT2D eigenvalue weighted by molar-refractivity contribution is -0.128. The van der Waals surface area contributed by atoms with Crippen molar-refractivity contribution < 1.29 is 14.0 Å². The lowest BCUT2D eigenvalue weighted by Crippen LogP contribution is -2.24. The van der Waals surface area contributed by atoms with Crippen LogP contribution in [0.1, 0.15) is 12.0 Å². The van der Waals surface area contributed by atoms with Crippen molar-refractivity contribution in [2.75, 3.05) is 6.54 Å². The largest absolute Gasteiger partial charge is 0.331 e. The van der Waals surface area contributed by atoms with Crippen LogP contribution < -0.4 is 0 Å². The molecule has 84 valence electrons. The third-order valence-corrected chi connectivity index (χ3v) is 2.80. The molecule has 2 rings (SSSR count). The number of carbonyl (C=O) groups is 2. The van der Waals surface area contributed by atoms with Crippen molar-refractivity contribution in [2.24, 2.45) is 0 Å². The molecule has 0 spiro atoms. The van der Waals surface area contributed by atoms with Crippen LogP contribution in [-0.2, 0) is 16.1 Å². The topological polar surface area (TPSA) is 37.4 Å². The molecule has 1 heterocycles. The molecule has 16 heavy (non-hydrogen) atoms. The fourth-order valence-electron chi connectivity index (χ4n) is 1.64. The number of rotatable bonds is 2. The molecule has 1 aliphatic rings. The van der Waals surface area contributed by atoms with Crippen molar-refractivity contribution in [1.29, 1.82) is 0 Å². The van der Waals surface area contributed by atoms with E-state index in [1.807, 2.05) is 0 Å². The Bertz CT molecular complexity index is 461. The second-order valence-electron chi connectivity index (χ2n) is 3.70. The summed E-state index contributed by atoms with van der Waals surface area (Å²) in [4.78, 5) is 23.8. The minimum Gasteiger partial charge on any atom is -0.331 e. The van der Waals surface area contributed by atoms with Crippen LogP contribution in [-0.4, -0.2) is 23.1 Å². The molecular weight excluding hydrogens is 233 g/mol. The Morgan fingerprint density at radius 1 is 1.38 bits per heavy atom. The maximum atomic E-state index is 12.8. The highest BCUT2D eigenvalue weighted by atomic mass is 35.5. The summed E-state index contributed by atoms with van der Waals surface area (Å²) in [7, 11) is 0. The Labute approximate surface area is 96.8 Å². The van der Waals surface area contributed by atoms with Gasteiger partial charge >= 0.3 is 0 Å². The van der Waals surface area contributed by atoms with E-state index in [1.54, 1.807) is 0 Å². The van der Waals surface area contributed by atoms with Crippen LogP contribution in [0.25, 0.3) is 0 Å². The van der Waals surface area contributed by atoms with Crippen LogP contribution in [0.4, 0.5) is 4.39 Å². The van der Waals surface area contributed by atoms with E-state index in [1.165, 1.54) is 23.1 Å². The molecule has 1 aliphatic heterocycles. The van der Waals surface area contributed by atoms with Gasteiger partial charge in [-0.2, -0.15) is 0 Å². The summed E-state index contributed by atoms with van der Waals surface area (Å²) in [5.41, 5.74) is 0.645. The molecule has 5 heteroatoms. The Kier molecular flexibility index (Phi) is 2.92. The Morgan fingerprint density at radius 3 is 2.69 bits per heavy atom. The van der Waals surface area contributed by atoms with E-state index in [2.05, 4.69) is 0 Å². The molecule has 1 aromatic carbocycles. The molecule has 1 amide bonds. The van der Waals surface area contributed by atoms with Crippen LogP contribution in [0.15, 0.2) is 18.2 Å². The minimum atomic E-state index is -0.419. The summed E-state index contributed by atoms with van der Waals surface area (Å²) >= 11 is 5.83. The van der Waals surface area contributed by atoms with Crippen LogP contribution in [0.5, 0.6) is 0 Å².